The van der Waals surface area contributed by atoms with E-state index in [0.717, 1.165) is 25.9 Å². The predicted octanol–water partition coefficient (Wildman–Crippen LogP) is 1.74. The van der Waals surface area contributed by atoms with Crippen LogP contribution in [-0.2, 0) is 10.0 Å². The standard InChI is InChI=1S/C15H25N3O2S/c1-3-16-14-8-4-5-9-15(14)21(19,20)17-11-13-7-6-10-18(2)12-13/h4-5,8-9,13,16-17H,3,6-7,10-12H2,1-2H3. The number of para-hydroxylation sites is 1. The summed E-state index contributed by atoms with van der Waals surface area (Å²) in [6.45, 7) is 5.21. The predicted molar refractivity (Wildman–Crippen MR) is 86.0 cm³/mol. The monoisotopic (exact) mass is 311 g/mol. The molecular weight excluding hydrogens is 286 g/mol. The molecular formula is C15H25N3O2S. The number of anilines is 1. The van der Waals surface area contributed by atoms with Crippen LogP contribution in [0.4, 0.5) is 5.69 Å². The number of sulfonamides is 1. The quantitative estimate of drug-likeness (QED) is 0.840. The Hall–Kier alpha value is -1.11. The number of hydrogen-bond acceptors (Lipinski definition) is 4. The van der Waals surface area contributed by atoms with E-state index in [2.05, 4.69) is 22.0 Å². The fourth-order valence-corrected chi connectivity index (χ4v) is 4.08. The maximum Gasteiger partial charge on any atom is 0.242 e. The summed E-state index contributed by atoms with van der Waals surface area (Å²) in [4.78, 5) is 2.59. The van der Waals surface area contributed by atoms with Crippen molar-refractivity contribution in [2.75, 3.05) is 38.5 Å². The number of benzene rings is 1. The van der Waals surface area contributed by atoms with Crippen molar-refractivity contribution in [3.8, 4) is 0 Å². The van der Waals surface area contributed by atoms with E-state index < -0.39 is 10.0 Å². The Morgan fingerprint density at radius 2 is 2.10 bits per heavy atom. The van der Waals surface area contributed by atoms with Crippen molar-refractivity contribution in [1.82, 2.24) is 9.62 Å². The van der Waals surface area contributed by atoms with Crippen LogP contribution in [0.15, 0.2) is 29.2 Å². The highest BCUT2D eigenvalue weighted by molar-refractivity contribution is 7.89. The Labute approximate surface area is 127 Å². The summed E-state index contributed by atoms with van der Waals surface area (Å²) in [5.41, 5.74) is 0.660. The minimum Gasteiger partial charge on any atom is -0.384 e. The molecule has 0 spiro atoms. The van der Waals surface area contributed by atoms with Crippen molar-refractivity contribution in [3.05, 3.63) is 24.3 Å². The first-order valence-corrected chi connectivity index (χ1v) is 9.02. The number of hydrogen-bond donors (Lipinski definition) is 2. The van der Waals surface area contributed by atoms with Crippen LogP contribution in [0.5, 0.6) is 0 Å². The van der Waals surface area contributed by atoms with E-state index in [-0.39, 0.29) is 0 Å². The van der Waals surface area contributed by atoms with Gasteiger partial charge in [0.1, 0.15) is 4.90 Å². The lowest BCUT2D eigenvalue weighted by atomic mass is 9.99. The summed E-state index contributed by atoms with van der Waals surface area (Å²) in [5, 5.41) is 3.10. The second-order valence-electron chi connectivity index (χ2n) is 5.65. The molecule has 0 radical (unpaired) electrons. The molecule has 1 aliphatic heterocycles. The van der Waals surface area contributed by atoms with Gasteiger partial charge in [-0.05, 0) is 51.4 Å². The molecule has 6 heteroatoms. The molecule has 5 nitrogen and oxygen atoms in total. The van der Waals surface area contributed by atoms with Crippen LogP contribution >= 0.6 is 0 Å². The van der Waals surface area contributed by atoms with Crippen molar-refractivity contribution in [3.63, 3.8) is 0 Å². The fraction of sp³-hybridized carbons (Fsp3) is 0.600. The minimum absolute atomic E-state index is 0.330. The summed E-state index contributed by atoms with van der Waals surface area (Å²) < 4.78 is 27.7. The Kier molecular flexibility index (Phi) is 5.61. The SMILES string of the molecule is CCNc1ccccc1S(=O)(=O)NCC1CCCN(C)C1. The number of nitrogens with one attached hydrogen (secondary N) is 2. The second kappa shape index (κ2) is 7.24. The molecule has 0 amide bonds. The van der Waals surface area contributed by atoms with Crippen LogP contribution in [0.2, 0.25) is 0 Å². The van der Waals surface area contributed by atoms with Crippen LogP contribution < -0.4 is 10.0 Å². The first kappa shape index (κ1) is 16.3. The summed E-state index contributed by atoms with van der Waals surface area (Å²) in [6, 6.07) is 7.04. The third-order valence-electron chi connectivity index (χ3n) is 3.83. The van der Waals surface area contributed by atoms with Gasteiger partial charge in [-0.3, -0.25) is 0 Å². The number of piperidine rings is 1. The Morgan fingerprint density at radius 3 is 2.81 bits per heavy atom. The first-order chi connectivity index (χ1) is 10.0. The van der Waals surface area contributed by atoms with E-state index in [0.29, 0.717) is 29.6 Å². The Balaban J connectivity index is 2.04. The Morgan fingerprint density at radius 1 is 1.33 bits per heavy atom. The molecule has 21 heavy (non-hydrogen) atoms. The van der Waals surface area contributed by atoms with Gasteiger partial charge in [-0.2, -0.15) is 0 Å². The highest BCUT2D eigenvalue weighted by Crippen LogP contribution is 2.21. The van der Waals surface area contributed by atoms with E-state index in [9.17, 15) is 8.42 Å². The lowest BCUT2D eigenvalue weighted by Gasteiger charge is -2.29. The van der Waals surface area contributed by atoms with Crippen molar-refractivity contribution in [2.24, 2.45) is 5.92 Å². The lowest BCUT2D eigenvalue weighted by molar-refractivity contribution is 0.211. The molecule has 1 aromatic rings. The van der Waals surface area contributed by atoms with Gasteiger partial charge in [0.05, 0.1) is 5.69 Å². The van der Waals surface area contributed by atoms with E-state index in [4.69, 9.17) is 0 Å². The van der Waals surface area contributed by atoms with Crippen molar-refractivity contribution < 1.29 is 8.42 Å². The molecule has 1 saturated heterocycles. The van der Waals surface area contributed by atoms with Gasteiger partial charge in [-0.25, -0.2) is 13.1 Å². The van der Waals surface area contributed by atoms with Crippen LogP contribution in [0, 0.1) is 5.92 Å². The van der Waals surface area contributed by atoms with E-state index >= 15 is 0 Å². The zero-order chi connectivity index (χ0) is 15.3. The number of likely N-dealkylation sites (tertiary alicyclic amines) is 1. The first-order valence-electron chi connectivity index (χ1n) is 7.54. The fourth-order valence-electron chi connectivity index (χ4n) is 2.78. The van der Waals surface area contributed by atoms with Gasteiger partial charge in [-0.1, -0.05) is 12.1 Å². The molecule has 0 bridgehead atoms. The molecule has 1 heterocycles. The maximum atomic E-state index is 12.5. The van der Waals surface area contributed by atoms with Gasteiger partial charge >= 0.3 is 0 Å². The Bertz CT molecular complexity index is 560. The van der Waals surface area contributed by atoms with E-state index in [1.54, 1.807) is 18.2 Å². The summed E-state index contributed by atoms with van der Waals surface area (Å²) in [5.74, 6) is 0.393. The average Bonchev–Trinajstić information content (AvgIpc) is 2.46. The molecule has 1 atom stereocenters. The number of nitrogens with zero attached hydrogens (tertiary/aromatic N) is 1. The van der Waals surface area contributed by atoms with Crippen molar-refractivity contribution in [2.45, 2.75) is 24.7 Å². The second-order valence-corrected chi connectivity index (χ2v) is 7.38. The van der Waals surface area contributed by atoms with Crippen molar-refractivity contribution >= 4 is 15.7 Å². The normalized spacial score (nSPS) is 20.4. The third kappa shape index (κ3) is 4.43. The molecule has 0 aliphatic carbocycles. The molecule has 2 rings (SSSR count). The van der Waals surface area contributed by atoms with Crippen LogP contribution in [-0.4, -0.2) is 46.5 Å². The minimum atomic E-state index is -3.46. The van der Waals surface area contributed by atoms with Crippen molar-refractivity contribution in [1.29, 1.82) is 0 Å². The summed E-state index contributed by atoms with van der Waals surface area (Å²) >= 11 is 0. The topological polar surface area (TPSA) is 61.4 Å². The summed E-state index contributed by atoms with van der Waals surface area (Å²) in [6.07, 6.45) is 2.22. The molecule has 1 unspecified atom stereocenters. The van der Waals surface area contributed by atoms with Gasteiger partial charge in [0, 0.05) is 19.6 Å². The van der Waals surface area contributed by atoms with E-state index in [1.807, 2.05) is 13.0 Å². The smallest absolute Gasteiger partial charge is 0.242 e. The highest BCUT2D eigenvalue weighted by atomic mass is 32.2. The molecule has 0 aromatic heterocycles. The molecule has 118 valence electrons. The largest absolute Gasteiger partial charge is 0.384 e. The third-order valence-corrected chi connectivity index (χ3v) is 5.31. The zero-order valence-corrected chi connectivity index (χ0v) is 13.6. The molecule has 1 fully saturated rings. The highest BCUT2D eigenvalue weighted by Gasteiger charge is 2.22. The summed E-state index contributed by atoms with van der Waals surface area (Å²) in [7, 11) is -1.38. The van der Waals surface area contributed by atoms with Crippen LogP contribution in [0.1, 0.15) is 19.8 Å². The maximum absolute atomic E-state index is 12.5. The average molecular weight is 311 g/mol. The van der Waals surface area contributed by atoms with E-state index in [1.165, 1.54) is 0 Å². The number of rotatable bonds is 6. The van der Waals surface area contributed by atoms with Gasteiger partial charge in [0.15, 0.2) is 0 Å². The van der Waals surface area contributed by atoms with Gasteiger partial charge < -0.3 is 10.2 Å². The van der Waals surface area contributed by atoms with Gasteiger partial charge in [-0.15, -0.1) is 0 Å². The van der Waals surface area contributed by atoms with Crippen LogP contribution in [0.25, 0.3) is 0 Å². The zero-order valence-electron chi connectivity index (χ0n) is 12.8. The van der Waals surface area contributed by atoms with Gasteiger partial charge in [0.25, 0.3) is 0 Å². The lowest BCUT2D eigenvalue weighted by Crippen LogP contribution is -2.39. The molecule has 2 N–H and O–H groups in total. The van der Waals surface area contributed by atoms with Gasteiger partial charge in [0.2, 0.25) is 10.0 Å². The molecule has 1 aromatic carbocycles. The molecule has 1 aliphatic rings. The molecule has 0 saturated carbocycles. The van der Waals surface area contributed by atoms with Crippen LogP contribution in [0.3, 0.4) is 0 Å².